The van der Waals surface area contributed by atoms with Crippen molar-refractivity contribution >= 4 is 0 Å². The van der Waals surface area contributed by atoms with Crippen molar-refractivity contribution in [2.45, 2.75) is 11.8 Å². The van der Waals surface area contributed by atoms with Crippen LogP contribution in [0.4, 0.5) is 0 Å². The van der Waals surface area contributed by atoms with Crippen LogP contribution in [0.1, 0.15) is 23.0 Å². The maximum absolute atomic E-state index is 8.79. The lowest BCUT2D eigenvalue weighted by Gasteiger charge is -2.08. The van der Waals surface area contributed by atoms with Crippen LogP contribution in [0, 0.1) is 45.3 Å². The molecule has 0 aliphatic carbocycles. The average Bonchev–Trinajstić information content (AvgIpc) is 2.34. The Morgan fingerprint density at radius 2 is 1.00 bits per heavy atom. The molecule has 1 aromatic carbocycles. The first-order chi connectivity index (χ1) is 7.78. The molecule has 0 aromatic heterocycles. The first-order valence-electron chi connectivity index (χ1n) is 4.45. The van der Waals surface area contributed by atoms with Gasteiger partial charge in [0.2, 0.25) is 0 Å². The van der Waals surface area contributed by atoms with Gasteiger partial charge in [0, 0.05) is 0 Å². The molecule has 0 spiro atoms. The molecular weight excluding hydrogens is 200 g/mol. The third kappa shape index (κ3) is 1.98. The van der Waals surface area contributed by atoms with E-state index in [1.807, 2.05) is 24.3 Å². The summed E-state index contributed by atoms with van der Waals surface area (Å²) >= 11 is 0. The lowest BCUT2D eigenvalue weighted by atomic mass is 9.90. The Hall–Kier alpha value is -2.82. The van der Waals surface area contributed by atoms with Gasteiger partial charge in [-0.05, 0) is 11.1 Å². The molecule has 0 aliphatic rings. The highest BCUT2D eigenvalue weighted by Gasteiger charge is 2.19. The average molecular weight is 206 g/mol. The Balaban J connectivity index is 3.34. The monoisotopic (exact) mass is 206 g/mol. The number of benzene rings is 1. The second-order valence-electron chi connectivity index (χ2n) is 3.01. The predicted molar refractivity (Wildman–Crippen MR) is 54.4 cm³/mol. The molecule has 4 nitrogen and oxygen atoms in total. The van der Waals surface area contributed by atoms with Crippen LogP contribution in [-0.4, -0.2) is 0 Å². The van der Waals surface area contributed by atoms with Gasteiger partial charge in [-0.3, -0.25) is 0 Å². The van der Waals surface area contributed by atoms with E-state index >= 15 is 0 Å². The van der Waals surface area contributed by atoms with E-state index in [-0.39, 0.29) is 0 Å². The SMILES string of the molecule is N#CC(C#N)c1ccccc1C(C#N)C#N. The van der Waals surface area contributed by atoms with Crippen LogP contribution in [0.5, 0.6) is 0 Å². The maximum atomic E-state index is 8.79. The van der Waals surface area contributed by atoms with Crippen molar-refractivity contribution < 1.29 is 0 Å². The van der Waals surface area contributed by atoms with Crippen LogP contribution in [0.15, 0.2) is 24.3 Å². The summed E-state index contributed by atoms with van der Waals surface area (Å²) in [4.78, 5) is 0. The number of nitrogens with zero attached hydrogens (tertiary/aromatic N) is 4. The van der Waals surface area contributed by atoms with Gasteiger partial charge in [0.1, 0.15) is 0 Å². The summed E-state index contributed by atoms with van der Waals surface area (Å²) in [6.45, 7) is 0. The highest BCUT2D eigenvalue weighted by Crippen LogP contribution is 2.25. The zero-order valence-corrected chi connectivity index (χ0v) is 8.25. The maximum Gasteiger partial charge on any atom is 0.158 e. The lowest BCUT2D eigenvalue weighted by Crippen LogP contribution is -2.02. The summed E-state index contributed by atoms with van der Waals surface area (Å²) in [6.07, 6.45) is 0. The van der Waals surface area contributed by atoms with Crippen molar-refractivity contribution in [2.24, 2.45) is 0 Å². The van der Waals surface area contributed by atoms with Crippen LogP contribution in [0.25, 0.3) is 0 Å². The quantitative estimate of drug-likeness (QED) is 0.738. The first-order valence-corrected chi connectivity index (χ1v) is 4.45. The van der Waals surface area contributed by atoms with Crippen molar-refractivity contribution in [1.82, 2.24) is 0 Å². The van der Waals surface area contributed by atoms with Crippen molar-refractivity contribution in [3.8, 4) is 24.3 Å². The number of rotatable bonds is 2. The fraction of sp³-hybridized carbons (Fsp3) is 0.167. The number of nitriles is 4. The van der Waals surface area contributed by atoms with Crippen LogP contribution in [0.2, 0.25) is 0 Å². The highest BCUT2D eigenvalue weighted by molar-refractivity contribution is 5.44. The Morgan fingerprint density at radius 1 is 0.688 bits per heavy atom. The third-order valence-corrected chi connectivity index (χ3v) is 2.13. The van der Waals surface area contributed by atoms with Crippen LogP contribution in [-0.2, 0) is 0 Å². The number of hydrogen-bond acceptors (Lipinski definition) is 4. The Labute approximate surface area is 93.2 Å². The molecule has 0 aliphatic heterocycles. The summed E-state index contributed by atoms with van der Waals surface area (Å²) in [5.74, 6) is -1.89. The van der Waals surface area contributed by atoms with E-state index in [0.29, 0.717) is 11.1 Å². The Bertz CT molecular complexity index is 469. The van der Waals surface area contributed by atoms with E-state index in [4.69, 9.17) is 21.0 Å². The molecule has 0 unspecified atom stereocenters. The summed E-state index contributed by atoms with van der Waals surface area (Å²) in [5, 5.41) is 35.2. The molecule has 0 heterocycles. The van der Waals surface area contributed by atoms with Gasteiger partial charge in [0.15, 0.2) is 11.8 Å². The molecule has 1 rings (SSSR count). The second kappa shape index (κ2) is 5.16. The summed E-state index contributed by atoms with van der Waals surface area (Å²) < 4.78 is 0. The molecule has 74 valence electrons. The van der Waals surface area contributed by atoms with Crippen LogP contribution in [0.3, 0.4) is 0 Å². The molecule has 0 N–H and O–H groups in total. The standard InChI is InChI=1S/C12H6N4/c13-5-9(6-14)11-3-1-2-4-12(11)10(7-15)8-16/h1-4,9-10H. The van der Waals surface area contributed by atoms with Gasteiger partial charge in [-0.25, -0.2) is 0 Å². The summed E-state index contributed by atoms with van der Waals surface area (Å²) in [6, 6.07) is 13.9. The molecular formula is C12H6N4. The fourth-order valence-electron chi connectivity index (χ4n) is 1.37. The summed E-state index contributed by atoms with van der Waals surface area (Å²) in [5.41, 5.74) is 0.862. The Morgan fingerprint density at radius 3 is 1.25 bits per heavy atom. The van der Waals surface area contributed by atoms with E-state index in [1.165, 1.54) is 0 Å². The molecule has 16 heavy (non-hydrogen) atoms. The van der Waals surface area contributed by atoms with E-state index in [9.17, 15) is 0 Å². The molecule has 0 saturated heterocycles. The molecule has 0 radical (unpaired) electrons. The second-order valence-corrected chi connectivity index (χ2v) is 3.01. The van der Waals surface area contributed by atoms with Crippen molar-refractivity contribution in [3.05, 3.63) is 35.4 Å². The van der Waals surface area contributed by atoms with Crippen molar-refractivity contribution in [1.29, 1.82) is 21.0 Å². The molecule has 0 atom stereocenters. The zero-order chi connectivity index (χ0) is 12.0. The largest absolute Gasteiger partial charge is 0.196 e. The minimum Gasteiger partial charge on any atom is -0.196 e. The van der Waals surface area contributed by atoms with Crippen LogP contribution < -0.4 is 0 Å². The van der Waals surface area contributed by atoms with Gasteiger partial charge in [0.05, 0.1) is 24.3 Å². The molecule has 0 fully saturated rings. The zero-order valence-electron chi connectivity index (χ0n) is 8.25. The van der Waals surface area contributed by atoms with E-state index in [2.05, 4.69) is 0 Å². The molecule has 4 heteroatoms. The van der Waals surface area contributed by atoms with Gasteiger partial charge in [-0.2, -0.15) is 21.0 Å². The third-order valence-electron chi connectivity index (χ3n) is 2.13. The lowest BCUT2D eigenvalue weighted by molar-refractivity contribution is 1.01. The van der Waals surface area contributed by atoms with E-state index in [0.717, 1.165) is 0 Å². The van der Waals surface area contributed by atoms with Gasteiger partial charge in [-0.15, -0.1) is 0 Å². The summed E-state index contributed by atoms with van der Waals surface area (Å²) in [7, 11) is 0. The van der Waals surface area contributed by atoms with Crippen molar-refractivity contribution in [3.63, 3.8) is 0 Å². The molecule has 0 saturated carbocycles. The molecule has 0 amide bonds. The molecule has 0 bridgehead atoms. The minimum absolute atomic E-state index is 0.431. The minimum atomic E-state index is -0.944. The fourth-order valence-corrected chi connectivity index (χ4v) is 1.37. The van der Waals surface area contributed by atoms with Gasteiger partial charge >= 0.3 is 0 Å². The topological polar surface area (TPSA) is 95.2 Å². The first kappa shape index (κ1) is 11.3. The van der Waals surface area contributed by atoms with Crippen LogP contribution >= 0.6 is 0 Å². The van der Waals surface area contributed by atoms with E-state index in [1.54, 1.807) is 24.3 Å². The molecule has 1 aromatic rings. The normalized spacial score (nSPS) is 8.88. The van der Waals surface area contributed by atoms with Gasteiger partial charge < -0.3 is 0 Å². The Kier molecular flexibility index (Phi) is 3.63. The highest BCUT2D eigenvalue weighted by atomic mass is 14.4. The van der Waals surface area contributed by atoms with Gasteiger partial charge in [0.25, 0.3) is 0 Å². The van der Waals surface area contributed by atoms with E-state index < -0.39 is 11.8 Å². The van der Waals surface area contributed by atoms with Crippen molar-refractivity contribution in [2.75, 3.05) is 0 Å². The smallest absolute Gasteiger partial charge is 0.158 e. The number of hydrogen-bond donors (Lipinski definition) is 0. The van der Waals surface area contributed by atoms with Gasteiger partial charge in [-0.1, -0.05) is 24.3 Å². The predicted octanol–water partition coefficient (Wildman–Crippen LogP) is 1.95.